The molecular weight excluding hydrogens is 376 g/mol. The fourth-order valence-corrected chi connectivity index (χ4v) is 2.78. The molecule has 4 nitrogen and oxygen atoms in total. The highest BCUT2D eigenvalue weighted by Gasteiger charge is 2.36. The van der Waals surface area contributed by atoms with E-state index in [0.717, 1.165) is 24.3 Å². The molecule has 27 heavy (non-hydrogen) atoms. The van der Waals surface area contributed by atoms with E-state index in [1.54, 1.807) is 6.92 Å². The molecule has 0 unspecified atom stereocenters. The van der Waals surface area contributed by atoms with Crippen molar-refractivity contribution in [3.8, 4) is 16.9 Å². The van der Waals surface area contributed by atoms with Gasteiger partial charge < -0.3 is 4.74 Å². The van der Waals surface area contributed by atoms with Crippen LogP contribution in [0.4, 0.5) is 26.3 Å². The summed E-state index contributed by atoms with van der Waals surface area (Å²) in [5, 5.41) is 3.94. The van der Waals surface area contributed by atoms with Crippen molar-refractivity contribution in [1.82, 2.24) is 14.6 Å². The molecule has 0 amide bonds. The maximum Gasteiger partial charge on any atom is 0.433 e. The van der Waals surface area contributed by atoms with Crippen molar-refractivity contribution in [3.05, 3.63) is 47.2 Å². The van der Waals surface area contributed by atoms with Crippen LogP contribution in [0.5, 0.6) is 5.75 Å². The monoisotopic (exact) mass is 389 g/mol. The summed E-state index contributed by atoms with van der Waals surface area (Å²) in [5.74, 6) is -1.34. The van der Waals surface area contributed by atoms with Crippen LogP contribution in [0.15, 0.2) is 24.3 Å². The Morgan fingerprint density at radius 2 is 1.89 bits per heavy atom. The average Bonchev–Trinajstić information content (AvgIpc) is 2.91. The Balaban J connectivity index is 2.27. The third-order valence-corrected chi connectivity index (χ3v) is 3.85. The number of aromatic nitrogens is 3. The quantitative estimate of drug-likeness (QED) is 0.588. The molecule has 0 aliphatic carbocycles. The lowest BCUT2D eigenvalue weighted by atomic mass is 10.0. The molecule has 0 saturated heterocycles. The van der Waals surface area contributed by atoms with Crippen molar-refractivity contribution >= 4 is 5.65 Å². The molecule has 0 atom stereocenters. The average molecular weight is 389 g/mol. The van der Waals surface area contributed by atoms with Crippen molar-refractivity contribution in [3.63, 3.8) is 0 Å². The largest absolute Gasteiger partial charge is 0.435 e. The van der Waals surface area contributed by atoms with Gasteiger partial charge in [0, 0.05) is 17.3 Å². The molecule has 0 radical (unpaired) electrons. The SMILES string of the molecule is CCc1nn2c(C(F)(F)F)cc(C)nc2c1-c1ccc(OC(F)F)cc1F. The summed E-state index contributed by atoms with van der Waals surface area (Å²) in [4.78, 5) is 4.09. The van der Waals surface area contributed by atoms with Gasteiger partial charge in [0.05, 0.1) is 11.3 Å². The first-order valence-corrected chi connectivity index (χ1v) is 7.83. The van der Waals surface area contributed by atoms with E-state index < -0.39 is 30.0 Å². The van der Waals surface area contributed by atoms with E-state index in [9.17, 15) is 26.3 Å². The van der Waals surface area contributed by atoms with Crippen LogP contribution in [0.1, 0.15) is 24.0 Å². The highest BCUT2D eigenvalue weighted by molar-refractivity contribution is 5.81. The second-order valence-corrected chi connectivity index (χ2v) is 5.71. The lowest BCUT2D eigenvalue weighted by Crippen LogP contribution is -2.14. The van der Waals surface area contributed by atoms with Crippen molar-refractivity contribution < 1.29 is 31.1 Å². The summed E-state index contributed by atoms with van der Waals surface area (Å²) < 4.78 is 83.9. The van der Waals surface area contributed by atoms with Gasteiger partial charge in [0.1, 0.15) is 17.3 Å². The molecule has 0 fully saturated rings. The van der Waals surface area contributed by atoms with E-state index in [4.69, 9.17) is 0 Å². The first kappa shape index (κ1) is 19.0. The summed E-state index contributed by atoms with van der Waals surface area (Å²) in [5.41, 5.74) is -0.955. The molecule has 10 heteroatoms. The van der Waals surface area contributed by atoms with Gasteiger partial charge in [-0.3, -0.25) is 0 Å². The third-order valence-electron chi connectivity index (χ3n) is 3.85. The zero-order chi connectivity index (χ0) is 19.9. The Labute approximate surface area is 149 Å². The van der Waals surface area contributed by atoms with Gasteiger partial charge in [0.2, 0.25) is 0 Å². The van der Waals surface area contributed by atoms with Crippen molar-refractivity contribution in [2.24, 2.45) is 0 Å². The molecule has 0 bridgehead atoms. The third kappa shape index (κ3) is 3.56. The maximum absolute atomic E-state index is 14.5. The number of fused-ring (bicyclic) bond motifs is 1. The summed E-state index contributed by atoms with van der Waals surface area (Å²) in [7, 11) is 0. The van der Waals surface area contributed by atoms with E-state index in [1.807, 2.05) is 0 Å². The summed E-state index contributed by atoms with van der Waals surface area (Å²) >= 11 is 0. The fourth-order valence-electron chi connectivity index (χ4n) is 2.78. The Morgan fingerprint density at radius 3 is 2.44 bits per heavy atom. The van der Waals surface area contributed by atoms with Crippen LogP contribution in [0.3, 0.4) is 0 Å². The molecule has 0 saturated carbocycles. The smallest absolute Gasteiger partial charge is 0.433 e. The molecule has 0 spiro atoms. The maximum atomic E-state index is 14.5. The standard InChI is InChI=1S/C17H13F6N3O/c1-3-12-14(10-5-4-9(7-11(10)18)27-16(19)20)15-24-8(2)6-13(17(21,22)23)26(15)25-12/h4-7,16H,3H2,1-2H3. The van der Waals surface area contributed by atoms with E-state index in [0.29, 0.717) is 4.52 Å². The van der Waals surface area contributed by atoms with Crippen LogP contribution >= 0.6 is 0 Å². The molecule has 3 aromatic rings. The number of ether oxygens (including phenoxy) is 1. The molecule has 3 rings (SSSR count). The Hall–Kier alpha value is -2.78. The topological polar surface area (TPSA) is 39.4 Å². The van der Waals surface area contributed by atoms with Crippen LogP contribution < -0.4 is 4.74 Å². The molecule has 0 aliphatic rings. The Bertz CT molecular complexity index is 996. The van der Waals surface area contributed by atoms with Gasteiger partial charge in [0.15, 0.2) is 5.65 Å². The minimum absolute atomic E-state index is 0.0767. The molecule has 2 heterocycles. The highest BCUT2D eigenvalue weighted by atomic mass is 19.4. The van der Waals surface area contributed by atoms with E-state index in [-0.39, 0.29) is 34.6 Å². The molecule has 0 aliphatic heterocycles. The molecule has 2 aromatic heterocycles. The second-order valence-electron chi connectivity index (χ2n) is 5.71. The van der Waals surface area contributed by atoms with Crippen LogP contribution in [0.25, 0.3) is 16.8 Å². The van der Waals surface area contributed by atoms with Crippen molar-refractivity contribution in [1.29, 1.82) is 0 Å². The minimum atomic E-state index is -4.69. The van der Waals surface area contributed by atoms with Gasteiger partial charge in [0.25, 0.3) is 0 Å². The molecular formula is C17H13F6N3O. The predicted octanol–water partition coefficient (Wildman–Crippen LogP) is 5.03. The predicted molar refractivity (Wildman–Crippen MR) is 84.1 cm³/mol. The normalized spacial score (nSPS) is 12.2. The molecule has 144 valence electrons. The number of aryl methyl sites for hydroxylation is 2. The lowest BCUT2D eigenvalue weighted by molar-refractivity contribution is -0.142. The number of nitrogens with zero attached hydrogens (tertiary/aromatic N) is 3. The summed E-state index contributed by atoms with van der Waals surface area (Å²) in [6.45, 7) is -0.0948. The van der Waals surface area contributed by atoms with Crippen molar-refractivity contribution in [2.45, 2.75) is 33.1 Å². The number of halogens is 6. The van der Waals surface area contributed by atoms with Gasteiger partial charge in [-0.05, 0) is 31.5 Å². The first-order valence-electron chi connectivity index (χ1n) is 7.83. The van der Waals surface area contributed by atoms with E-state index in [2.05, 4.69) is 14.8 Å². The minimum Gasteiger partial charge on any atom is -0.435 e. The Morgan fingerprint density at radius 1 is 1.19 bits per heavy atom. The molecule has 0 N–H and O–H groups in total. The number of hydrogen-bond donors (Lipinski definition) is 0. The zero-order valence-electron chi connectivity index (χ0n) is 14.1. The van der Waals surface area contributed by atoms with Gasteiger partial charge in [-0.25, -0.2) is 13.9 Å². The number of hydrogen-bond acceptors (Lipinski definition) is 3. The van der Waals surface area contributed by atoms with Crippen LogP contribution in [-0.4, -0.2) is 21.2 Å². The van der Waals surface area contributed by atoms with Gasteiger partial charge >= 0.3 is 12.8 Å². The van der Waals surface area contributed by atoms with Gasteiger partial charge in [-0.1, -0.05) is 6.92 Å². The van der Waals surface area contributed by atoms with E-state index >= 15 is 0 Å². The van der Waals surface area contributed by atoms with Crippen LogP contribution in [0.2, 0.25) is 0 Å². The fraction of sp³-hybridized carbons (Fsp3) is 0.294. The Kier molecular flexibility index (Phi) is 4.75. The highest BCUT2D eigenvalue weighted by Crippen LogP contribution is 2.36. The second kappa shape index (κ2) is 6.75. The van der Waals surface area contributed by atoms with Crippen LogP contribution in [-0.2, 0) is 12.6 Å². The number of alkyl halides is 5. The first-order chi connectivity index (χ1) is 12.6. The van der Waals surface area contributed by atoms with Gasteiger partial charge in [-0.15, -0.1) is 0 Å². The van der Waals surface area contributed by atoms with Gasteiger partial charge in [-0.2, -0.15) is 27.1 Å². The lowest BCUT2D eigenvalue weighted by Gasteiger charge is -2.10. The van der Waals surface area contributed by atoms with Crippen molar-refractivity contribution in [2.75, 3.05) is 0 Å². The van der Waals surface area contributed by atoms with Crippen LogP contribution in [0, 0.1) is 12.7 Å². The number of rotatable bonds is 4. The molecule has 1 aromatic carbocycles. The van der Waals surface area contributed by atoms with E-state index in [1.165, 1.54) is 6.92 Å². The zero-order valence-corrected chi connectivity index (χ0v) is 14.1. The number of benzene rings is 1. The summed E-state index contributed by atoms with van der Waals surface area (Å²) in [6, 6.07) is 3.85. The summed E-state index contributed by atoms with van der Waals surface area (Å²) in [6.07, 6.45) is -4.47.